The minimum Gasteiger partial charge on any atom is -0.152 e. The molecule has 0 atom stereocenters. The SMILES string of the molecule is c1ccc2c(-c3c4ccccc4c(-c4ccsc4)c4ccccc34)cccc2c1. The Bertz CT molecular complexity index is 1430. The Balaban J connectivity index is 1.86. The Labute approximate surface area is 173 Å². The zero-order valence-electron chi connectivity index (χ0n) is 15.8. The zero-order chi connectivity index (χ0) is 19.2. The highest BCUT2D eigenvalue weighted by molar-refractivity contribution is 7.08. The summed E-state index contributed by atoms with van der Waals surface area (Å²) in [5.41, 5.74) is 5.26. The van der Waals surface area contributed by atoms with E-state index in [1.807, 2.05) is 0 Å². The topological polar surface area (TPSA) is 0 Å². The lowest BCUT2D eigenvalue weighted by atomic mass is 9.85. The molecule has 0 unspecified atom stereocenters. The molecule has 5 aromatic carbocycles. The average Bonchev–Trinajstić information content (AvgIpc) is 3.31. The van der Waals surface area contributed by atoms with Crippen LogP contribution < -0.4 is 0 Å². The second-order valence-electron chi connectivity index (χ2n) is 7.38. The molecule has 0 saturated heterocycles. The van der Waals surface area contributed by atoms with Crippen LogP contribution in [0.5, 0.6) is 0 Å². The van der Waals surface area contributed by atoms with Gasteiger partial charge < -0.3 is 0 Å². The molecule has 6 aromatic rings. The molecule has 0 N–H and O–H groups in total. The Morgan fingerprint density at radius 1 is 0.448 bits per heavy atom. The van der Waals surface area contributed by atoms with Crippen molar-refractivity contribution < 1.29 is 0 Å². The fourth-order valence-corrected chi connectivity index (χ4v) is 5.23. The second kappa shape index (κ2) is 6.58. The van der Waals surface area contributed by atoms with E-state index < -0.39 is 0 Å². The van der Waals surface area contributed by atoms with E-state index in [2.05, 4.69) is 108 Å². The third kappa shape index (κ3) is 2.52. The summed E-state index contributed by atoms with van der Waals surface area (Å²) in [6.45, 7) is 0. The molecule has 136 valence electrons. The first-order chi connectivity index (χ1) is 14.4. The van der Waals surface area contributed by atoms with Crippen LogP contribution >= 0.6 is 11.3 Å². The summed E-state index contributed by atoms with van der Waals surface area (Å²) < 4.78 is 0. The van der Waals surface area contributed by atoms with E-state index in [-0.39, 0.29) is 0 Å². The minimum absolute atomic E-state index is 1.28. The van der Waals surface area contributed by atoms with Gasteiger partial charge in [0.05, 0.1) is 0 Å². The van der Waals surface area contributed by atoms with E-state index in [4.69, 9.17) is 0 Å². The Kier molecular flexibility index (Phi) is 3.75. The molecule has 1 heterocycles. The van der Waals surface area contributed by atoms with Gasteiger partial charge in [-0.1, -0.05) is 91.0 Å². The molecule has 0 radical (unpaired) electrons. The fraction of sp³-hybridized carbons (Fsp3) is 0. The number of fused-ring (bicyclic) bond motifs is 3. The predicted molar refractivity (Wildman–Crippen MR) is 128 cm³/mol. The van der Waals surface area contributed by atoms with Crippen molar-refractivity contribution in [3.05, 3.63) is 108 Å². The van der Waals surface area contributed by atoms with Gasteiger partial charge in [-0.3, -0.25) is 0 Å². The third-order valence-electron chi connectivity index (χ3n) is 5.80. The highest BCUT2D eigenvalue weighted by atomic mass is 32.1. The van der Waals surface area contributed by atoms with Gasteiger partial charge in [-0.05, 0) is 71.4 Å². The lowest BCUT2D eigenvalue weighted by Gasteiger charge is -2.18. The van der Waals surface area contributed by atoms with Gasteiger partial charge in [0.15, 0.2) is 0 Å². The quantitative estimate of drug-likeness (QED) is 0.262. The molecular formula is C28H18S. The molecule has 0 bridgehead atoms. The number of rotatable bonds is 2. The molecular weight excluding hydrogens is 368 g/mol. The lowest BCUT2D eigenvalue weighted by molar-refractivity contribution is 1.70. The van der Waals surface area contributed by atoms with Gasteiger partial charge in [-0.15, -0.1) is 0 Å². The predicted octanol–water partition coefficient (Wildman–Crippen LogP) is 8.54. The third-order valence-corrected chi connectivity index (χ3v) is 6.48. The summed E-state index contributed by atoms with van der Waals surface area (Å²) in [7, 11) is 0. The maximum absolute atomic E-state index is 2.27. The van der Waals surface area contributed by atoms with Crippen molar-refractivity contribution in [3.8, 4) is 22.3 Å². The maximum atomic E-state index is 2.27. The van der Waals surface area contributed by atoms with Gasteiger partial charge in [0, 0.05) is 0 Å². The number of benzene rings is 5. The monoisotopic (exact) mass is 386 g/mol. The molecule has 6 rings (SSSR count). The van der Waals surface area contributed by atoms with E-state index >= 15 is 0 Å². The van der Waals surface area contributed by atoms with Crippen LogP contribution in [-0.4, -0.2) is 0 Å². The summed E-state index contributed by atoms with van der Waals surface area (Å²) in [6, 6.07) is 35.2. The molecule has 0 aliphatic carbocycles. The maximum Gasteiger partial charge on any atom is -0.00143 e. The van der Waals surface area contributed by atoms with Crippen LogP contribution in [0.4, 0.5) is 0 Å². The highest BCUT2D eigenvalue weighted by Gasteiger charge is 2.17. The van der Waals surface area contributed by atoms with Crippen molar-refractivity contribution in [1.29, 1.82) is 0 Å². The Morgan fingerprint density at radius 2 is 1.00 bits per heavy atom. The normalized spacial score (nSPS) is 11.4. The van der Waals surface area contributed by atoms with Gasteiger partial charge >= 0.3 is 0 Å². The Hall–Kier alpha value is -3.42. The Morgan fingerprint density at radius 3 is 1.62 bits per heavy atom. The van der Waals surface area contributed by atoms with Crippen molar-refractivity contribution in [1.82, 2.24) is 0 Å². The molecule has 1 heteroatoms. The number of thiophene rings is 1. The lowest BCUT2D eigenvalue weighted by Crippen LogP contribution is -1.90. The van der Waals surface area contributed by atoms with Crippen LogP contribution in [0.15, 0.2) is 108 Å². The average molecular weight is 387 g/mol. The van der Waals surface area contributed by atoms with Crippen molar-refractivity contribution in [2.45, 2.75) is 0 Å². The summed E-state index contributed by atoms with van der Waals surface area (Å²) >= 11 is 1.75. The largest absolute Gasteiger partial charge is 0.152 e. The molecule has 0 fully saturated rings. The first kappa shape index (κ1) is 16.5. The number of hydrogen-bond acceptors (Lipinski definition) is 1. The molecule has 29 heavy (non-hydrogen) atoms. The van der Waals surface area contributed by atoms with Gasteiger partial charge in [0.2, 0.25) is 0 Å². The van der Waals surface area contributed by atoms with Crippen molar-refractivity contribution in [2.75, 3.05) is 0 Å². The van der Waals surface area contributed by atoms with E-state index in [1.54, 1.807) is 11.3 Å². The van der Waals surface area contributed by atoms with Gasteiger partial charge in [0.1, 0.15) is 0 Å². The van der Waals surface area contributed by atoms with Crippen LogP contribution in [0.25, 0.3) is 54.6 Å². The summed E-state index contributed by atoms with van der Waals surface area (Å²) in [6.07, 6.45) is 0. The molecule has 0 nitrogen and oxygen atoms in total. The van der Waals surface area contributed by atoms with Gasteiger partial charge in [0.25, 0.3) is 0 Å². The molecule has 0 saturated carbocycles. The van der Waals surface area contributed by atoms with Gasteiger partial charge in [-0.25, -0.2) is 0 Å². The summed E-state index contributed by atoms with van der Waals surface area (Å²) in [5, 5.41) is 12.2. The van der Waals surface area contributed by atoms with Crippen molar-refractivity contribution >= 4 is 43.7 Å². The van der Waals surface area contributed by atoms with Crippen LogP contribution in [-0.2, 0) is 0 Å². The standard InChI is InChI=1S/C28H18S/c1-2-10-21-19(8-1)9-7-15-22(21)28-25-13-5-3-11-23(25)27(20-16-17-29-18-20)24-12-4-6-14-26(24)28/h1-18H. The molecule has 1 aromatic heterocycles. The highest BCUT2D eigenvalue weighted by Crippen LogP contribution is 2.45. The second-order valence-corrected chi connectivity index (χ2v) is 8.16. The van der Waals surface area contributed by atoms with E-state index in [0.717, 1.165) is 0 Å². The molecule has 0 spiro atoms. The van der Waals surface area contributed by atoms with Gasteiger partial charge in [-0.2, -0.15) is 11.3 Å². The first-order valence-corrected chi connectivity index (χ1v) is 10.8. The minimum atomic E-state index is 1.28. The summed E-state index contributed by atoms with van der Waals surface area (Å²) in [4.78, 5) is 0. The van der Waals surface area contributed by atoms with E-state index in [9.17, 15) is 0 Å². The molecule has 0 aliphatic rings. The van der Waals surface area contributed by atoms with Crippen molar-refractivity contribution in [3.63, 3.8) is 0 Å². The van der Waals surface area contributed by atoms with Crippen molar-refractivity contribution in [2.24, 2.45) is 0 Å². The fourth-order valence-electron chi connectivity index (χ4n) is 4.58. The van der Waals surface area contributed by atoms with Crippen LogP contribution in [0.1, 0.15) is 0 Å². The van der Waals surface area contributed by atoms with Crippen LogP contribution in [0.2, 0.25) is 0 Å². The summed E-state index contributed by atoms with van der Waals surface area (Å²) in [5.74, 6) is 0. The smallest absolute Gasteiger partial charge is 0.00143 e. The van der Waals surface area contributed by atoms with E-state index in [1.165, 1.54) is 54.6 Å². The molecule has 0 aliphatic heterocycles. The van der Waals surface area contributed by atoms with E-state index in [0.29, 0.717) is 0 Å². The molecule has 0 amide bonds. The van der Waals surface area contributed by atoms with Crippen LogP contribution in [0.3, 0.4) is 0 Å². The first-order valence-electron chi connectivity index (χ1n) is 9.86. The van der Waals surface area contributed by atoms with Crippen LogP contribution in [0, 0.1) is 0 Å². The zero-order valence-corrected chi connectivity index (χ0v) is 16.6. The number of hydrogen-bond donors (Lipinski definition) is 0.